The molecule has 0 radical (unpaired) electrons. The molecule has 5 heteroatoms. The van der Waals surface area contributed by atoms with Crippen molar-refractivity contribution < 1.29 is 9.90 Å². The average molecular weight is 172 g/mol. The van der Waals surface area contributed by atoms with Gasteiger partial charge in [0.25, 0.3) is 0 Å². The zero-order valence-corrected chi connectivity index (χ0v) is 7.05. The van der Waals surface area contributed by atoms with E-state index in [-0.39, 0.29) is 4.88 Å². The zero-order valence-electron chi connectivity index (χ0n) is 6.24. The Bertz CT molecular complexity index is 269. The molecule has 0 amide bonds. The molecule has 0 saturated carbocycles. The minimum Gasteiger partial charge on any atom is -0.477 e. The molecule has 1 aromatic heterocycles. The van der Waals surface area contributed by atoms with E-state index < -0.39 is 5.97 Å². The lowest BCUT2D eigenvalue weighted by atomic mass is 10.5. The summed E-state index contributed by atoms with van der Waals surface area (Å²) in [6, 6.07) is 0. The van der Waals surface area contributed by atoms with Crippen molar-refractivity contribution in [3.05, 3.63) is 10.4 Å². The van der Waals surface area contributed by atoms with Crippen LogP contribution in [0.15, 0.2) is 5.51 Å². The van der Waals surface area contributed by atoms with E-state index >= 15 is 0 Å². The van der Waals surface area contributed by atoms with Gasteiger partial charge in [-0.2, -0.15) is 0 Å². The number of rotatable bonds is 2. The molecule has 1 heterocycles. The Balaban J connectivity index is 3.06. The smallest absolute Gasteiger partial charge is 0.349 e. The van der Waals surface area contributed by atoms with Gasteiger partial charge in [-0.3, -0.25) is 0 Å². The highest BCUT2D eigenvalue weighted by molar-refractivity contribution is 7.12. The molecule has 0 unspecified atom stereocenters. The van der Waals surface area contributed by atoms with Crippen LogP contribution in [-0.4, -0.2) is 30.2 Å². The third-order valence-corrected chi connectivity index (χ3v) is 1.97. The van der Waals surface area contributed by atoms with Crippen LogP contribution in [0.4, 0.5) is 5.82 Å². The van der Waals surface area contributed by atoms with Gasteiger partial charge in [0.05, 0.1) is 5.51 Å². The Labute approximate surface area is 68.1 Å². The van der Waals surface area contributed by atoms with Gasteiger partial charge in [0.2, 0.25) is 0 Å². The minimum absolute atomic E-state index is 0.287. The van der Waals surface area contributed by atoms with Crippen LogP contribution in [0.25, 0.3) is 0 Å². The van der Waals surface area contributed by atoms with Crippen molar-refractivity contribution in [3.63, 3.8) is 0 Å². The van der Waals surface area contributed by atoms with E-state index in [1.807, 2.05) is 0 Å². The highest BCUT2D eigenvalue weighted by atomic mass is 32.1. The van der Waals surface area contributed by atoms with Crippen LogP contribution in [-0.2, 0) is 0 Å². The second-order valence-corrected chi connectivity index (χ2v) is 3.06. The summed E-state index contributed by atoms with van der Waals surface area (Å²) in [5.74, 6) is -0.404. The summed E-state index contributed by atoms with van der Waals surface area (Å²) >= 11 is 1.13. The van der Waals surface area contributed by atoms with Crippen LogP contribution in [0.2, 0.25) is 0 Å². The molecule has 0 fully saturated rings. The van der Waals surface area contributed by atoms with Gasteiger partial charge in [0.1, 0.15) is 0 Å². The van der Waals surface area contributed by atoms with Gasteiger partial charge in [-0.05, 0) is 0 Å². The van der Waals surface area contributed by atoms with Crippen molar-refractivity contribution >= 4 is 23.1 Å². The van der Waals surface area contributed by atoms with E-state index in [1.165, 1.54) is 5.51 Å². The van der Waals surface area contributed by atoms with E-state index in [4.69, 9.17) is 5.11 Å². The van der Waals surface area contributed by atoms with Crippen molar-refractivity contribution in [3.8, 4) is 0 Å². The van der Waals surface area contributed by atoms with E-state index in [0.717, 1.165) is 11.3 Å². The summed E-state index contributed by atoms with van der Waals surface area (Å²) in [5, 5.41) is 8.65. The highest BCUT2D eigenvalue weighted by Gasteiger charge is 2.13. The topological polar surface area (TPSA) is 53.4 Å². The van der Waals surface area contributed by atoms with Crippen LogP contribution in [0, 0.1) is 0 Å². The molecule has 4 nitrogen and oxygen atoms in total. The quantitative estimate of drug-likeness (QED) is 0.720. The first-order valence-corrected chi connectivity index (χ1v) is 3.85. The largest absolute Gasteiger partial charge is 0.477 e. The summed E-state index contributed by atoms with van der Waals surface area (Å²) < 4.78 is 0. The molecule has 0 saturated heterocycles. The fourth-order valence-corrected chi connectivity index (χ4v) is 1.40. The minimum atomic E-state index is -0.920. The monoisotopic (exact) mass is 172 g/mol. The Hall–Kier alpha value is -1.10. The molecule has 0 aliphatic heterocycles. The number of anilines is 1. The molecule has 1 rings (SSSR count). The maximum absolute atomic E-state index is 10.5. The third kappa shape index (κ3) is 1.48. The summed E-state index contributed by atoms with van der Waals surface area (Å²) in [5.41, 5.74) is 1.53. The summed E-state index contributed by atoms with van der Waals surface area (Å²) in [7, 11) is 3.53. The summed E-state index contributed by atoms with van der Waals surface area (Å²) in [6.45, 7) is 0. The van der Waals surface area contributed by atoms with E-state index in [1.54, 1.807) is 19.0 Å². The Kier molecular flexibility index (Phi) is 2.09. The molecule has 60 valence electrons. The lowest BCUT2D eigenvalue weighted by Crippen LogP contribution is -2.12. The van der Waals surface area contributed by atoms with Gasteiger partial charge < -0.3 is 10.0 Å². The molecular weight excluding hydrogens is 164 g/mol. The highest BCUT2D eigenvalue weighted by Crippen LogP contribution is 2.20. The number of carbonyl (C=O) groups is 1. The molecule has 11 heavy (non-hydrogen) atoms. The van der Waals surface area contributed by atoms with Crippen LogP contribution in [0.3, 0.4) is 0 Å². The van der Waals surface area contributed by atoms with Gasteiger partial charge in [0, 0.05) is 14.1 Å². The maximum atomic E-state index is 10.5. The number of thiazole rings is 1. The van der Waals surface area contributed by atoms with Gasteiger partial charge >= 0.3 is 5.97 Å². The van der Waals surface area contributed by atoms with Crippen molar-refractivity contribution in [1.29, 1.82) is 0 Å². The Morgan fingerprint density at radius 2 is 2.36 bits per heavy atom. The SMILES string of the molecule is CN(C)c1ncsc1C(=O)O. The molecule has 0 spiro atoms. The van der Waals surface area contributed by atoms with Crippen molar-refractivity contribution in [1.82, 2.24) is 4.98 Å². The standard InChI is InChI=1S/C6H8N2O2S/c1-8(2)5-4(6(9)10)11-3-7-5/h3H,1-2H3,(H,9,10). The second kappa shape index (κ2) is 2.87. The van der Waals surface area contributed by atoms with Gasteiger partial charge in [0.15, 0.2) is 10.7 Å². The van der Waals surface area contributed by atoms with E-state index in [0.29, 0.717) is 5.82 Å². The number of carboxylic acids is 1. The fourth-order valence-electron chi connectivity index (χ4n) is 0.705. The number of aromatic nitrogens is 1. The fraction of sp³-hybridized carbons (Fsp3) is 0.333. The summed E-state index contributed by atoms with van der Waals surface area (Å²) in [6.07, 6.45) is 0. The van der Waals surface area contributed by atoms with E-state index in [9.17, 15) is 4.79 Å². The first-order chi connectivity index (χ1) is 5.13. The number of carboxylic acid groups (broad SMARTS) is 1. The Morgan fingerprint density at radius 3 is 2.73 bits per heavy atom. The predicted octanol–water partition coefficient (Wildman–Crippen LogP) is 0.907. The van der Waals surface area contributed by atoms with Crippen LogP contribution >= 0.6 is 11.3 Å². The van der Waals surface area contributed by atoms with Crippen LogP contribution in [0.5, 0.6) is 0 Å². The van der Waals surface area contributed by atoms with Crippen molar-refractivity contribution in [2.24, 2.45) is 0 Å². The number of hydrogen-bond donors (Lipinski definition) is 1. The maximum Gasteiger partial charge on any atom is 0.349 e. The van der Waals surface area contributed by atoms with Crippen LogP contribution < -0.4 is 4.90 Å². The normalized spacial score (nSPS) is 9.64. The van der Waals surface area contributed by atoms with Crippen molar-refractivity contribution in [2.75, 3.05) is 19.0 Å². The van der Waals surface area contributed by atoms with Gasteiger partial charge in [-0.1, -0.05) is 0 Å². The molecule has 1 aromatic rings. The van der Waals surface area contributed by atoms with Crippen molar-refractivity contribution in [2.45, 2.75) is 0 Å². The van der Waals surface area contributed by atoms with Crippen LogP contribution in [0.1, 0.15) is 9.67 Å². The molecular formula is C6H8N2O2S. The molecule has 0 bridgehead atoms. The molecule has 0 aromatic carbocycles. The molecule has 0 aliphatic rings. The Morgan fingerprint density at radius 1 is 1.73 bits per heavy atom. The molecule has 0 aliphatic carbocycles. The number of hydrogen-bond acceptors (Lipinski definition) is 4. The summed E-state index contributed by atoms with van der Waals surface area (Å²) in [4.78, 5) is 16.4. The lowest BCUT2D eigenvalue weighted by Gasteiger charge is -2.08. The zero-order chi connectivity index (χ0) is 8.43. The first-order valence-electron chi connectivity index (χ1n) is 2.97. The van der Waals surface area contributed by atoms with Gasteiger partial charge in [-0.15, -0.1) is 11.3 Å². The second-order valence-electron chi connectivity index (χ2n) is 2.20. The first kappa shape index (κ1) is 8.00. The number of aromatic carboxylic acids is 1. The molecule has 1 N–H and O–H groups in total. The molecule has 0 atom stereocenters. The van der Waals surface area contributed by atoms with Gasteiger partial charge in [-0.25, -0.2) is 9.78 Å². The lowest BCUT2D eigenvalue weighted by molar-refractivity contribution is 0.0702. The third-order valence-electron chi connectivity index (χ3n) is 1.17. The van der Waals surface area contributed by atoms with E-state index in [2.05, 4.69) is 4.98 Å². The number of nitrogens with zero attached hydrogens (tertiary/aromatic N) is 2. The predicted molar refractivity (Wildman–Crippen MR) is 43.4 cm³/mol. The average Bonchev–Trinajstić information content (AvgIpc) is 2.32.